The molecule has 0 spiro atoms. The first-order valence-electron chi connectivity index (χ1n) is 8.40. The second kappa shape index (κ2) is 9.28. The van der Waals surface area contributed by atoms with Crippen LogP contribution in [0.25, 0.3) is 0 Å². The van der Waals surface area contributed by atoms with Crippen LogP contribution in [0.15, 0.2) is 18.2 Å². The van der Waals surface area contributed by atoms with Crippen LogP contribution in [0.4, 0.5) is 0 Å². The lowest BCUT2D eigenvalue weighted by atomic mass is 10.2. The summed E-state index contributed by atoms with van der Waals surface area (Å²) in [4.78, 5) is 17.0. The Morgan fingerprint density at radius 1 is 1.28 bits per heavy atom. The van der Waals surface area contributed by atoms with Gasteiger partial charge in [0.1, 0.15) is 10.8 Å². The van der Waals surface area contributed by atoms with Gasteiger partial charge in [-0.15, -0.1) is 12.4 Å². The Balaban J connectivity index is 0.00000225. The van der Waals surface area contributed by atoms with E-state index in [1.165, 1.54) is 0 Å². The summed E-state index contributed by atoms with van der Waals surface area (Å²) in [6.07, 6.45) is 0.443. The monoisotopic (exact) mass is 407 g/mol. The van der Waals surface area contributed by atoms with Gasteiger partial charge in [-0.1, -0.05) is 29.3 Å². The number of amides is 1. The van der Waals surface area contributed by atoms with E-state index in [9.17, 15) is 4.79 Å². The van der Waals surface area contributed by atoms with Crippen LogP contribution in [0.2, 0.25) is 10.0 Å². The minimum Gasteiger partial charge on any atom is -0.479 e. The number of piperazine rings is 1. The highest BCUT2D eigenvalue weighted by atomic mass is 35.5. The van der Waals surface area contributed by atoms with Crippen molar-refractivity contribution in [2.24, 2.45) is 0 Å². The van der Waals surface area contributed by atoms with Gasteiger partial charge in [0.15, 0.2) is 6.10 Å². The number of benzene rings is 1. The molecule has 2 saturated heterocycles. The lowest BCUT2D eigenvalue weighted by Crippen LogP contribution is -2.50. The molecular formula is C17H24Cl3N3O2. The molecule has 2 heterocycles. The van der Waals surface area contributed by atoms with Gasteiger partial charge in [0.05, 0.1) is 5.02 Å². The van der Waals surface area contributed by atoms with Crippen molar-refractivity contribution in [2.75, 3.05) is 39.3 Å². The number of hydrogen-bond acceptors (Lipinski definition) is 4. The number of likely N-dealkylation sites (tertiary alicyclic amines) is 1. The summed E-state index contributed by atoms with van der Waals surface area (Å²) in [5.74, 6) is 0.451. The molecule has 1 amide bonds. The summed E-state index contributed by atoms with van der Waals surface area (Å²) >= 11 is 12.1. The van der Waals surface area contributed by atoms with Gasteiger partial charge in [-0.25, -0.2) is 0 Å². The second-order valence-corrected chi connectivity index (χ2v) is 7.11. The average molecular weight is 409 g/mol. The van der Waals surface area contributed by atoms with Crippen molar-refractivity contribution in [2.45, 2.75) is 25.5 Å². The largest absolute Gasteiger partial charge is 0.479 e. The number of carbonyl (C=O) groups is 1. The highest BCUT2D eigenvalue weighted by Crippen LogP contribution is 2.32. The molecule has 0 radical (unpaired) electrons. The minimum absolute atomic E-state index is 0. The number of hydrogen-bond donors (Lipinski definition) is 1. The van der Waals surface area contributed by atoms with Crippen molar-refractivity contribution >= 4 is 41.5 Å². The van der Waals surface area contributed by atoms with Crippen molar-refractivity contribution in [1.82, 2.24) is 15.1 Å². The van der Waals surface area contributed by atoms with Gasteiger partial charge in [-0.3, -0.25) is 9.69 Å². The first-order chi connectivity index (χ1) is 11.6. The highest BCUT2D eigenvalue weighted by molar-refractivity contribution is 6.42. The number of ether oxygens (including phenoxy) is 1. The third kappa shape index (κ3) is 4.92. The third-order valence-electron chi connectivity index (χ3n) is 4.71. The van der Waals surface area contributed by atoms with Gasteiger partial charge in [0.2, 0.25) is 0 Å². The van der Waals surface area contributed by atoms with Gasteiger partial charge < -0.3 is 15.0 Å². The molecule has 0 aromatic heterocycles. The second-order valence-electron chi connectivity index (χ2n) is 6.32. The van der Waals surface area contributed by atoms with Crippen LogP contribution in [0.1, 0.15) is 13.3 Å². The third-order valence-corrected chi connectivity index (χ3v) is 5.51. The molecule has 2 aliphatic heterocycles. The van der Waals surface area contributed by atoms with Gasteiger partial charge in [-0.05, 0) is 25.5 Å². The predicted molar refractivity (Wildman–Crippen MR) is 103 cm³/mol. The molecule has 25 heavy (non-hydrogen) atoms. The average Bonchev–Trinajstić information content (AvgIpc) is 3.09. The molecule has 1 aromatic carbocycles. The molecule has 1 N–H and O–H groups in total. The molecule has 140 valence electrons. The Hall–Kier alpha value is -0.720. The molecule has 8 heteroatoms. The number of carbonyl (C=O) groups excluding carboxylic acids is 1. The molecule has 1 aromatic rings. The Kier molecular flexibility index (Phi) is 7.65. The van der Waals surface area contributed by atoms with E-state index in [2.05, 4.69) is 10.2 Å². The summed E-state index contributed by atoms with van der Waals surface area (Å²) < 4.78 is 5.75. The lowest BCUT2D eigenvalue weighted by Gasteiger charge is -2.32. The maximum absolute atomic E-state index is 12.7. The van der Waals surface area contributed by atoms with Crippen LogP contribution >= 0.6 is 35.6 Å². The summed E-state index contributed by atoms with van der Waals surface area (Å²) in [6, 6.07) is 5.64. The molecule has 0 saturated carbocycles. The fraction of sp³-hybridized carbons (Fsp3) is 0.588. The molecule has 3 rings (SSSR count). The number of nitrogens with one attached hydrogen (secondary N) is 1. The zero-order valence-corrected chi connectivity index (χ0v) is 16.5. The van der Waals surface area contributed by atoms with Crippen LogP contribution in [0, 0.1) is 0 Å². The number of rotatable bonds is 4. The van der Waals surface area contributed by atoms with Gasteiger partial charge in [-0.2, -0.15) is 0 Å². The van der Waals surface area contributed by atoms with Gasteiger partial charge in [0, 0.05) is 45.3 Å². The normalized spacial score (nSPS) is 22.4. The van der Waals surface area contributed by atoms with Crippen LogP contribution < -0.4 is 10.1 Å². The standard InChI is InChI=1S/C17H23Cl2N3O2.ClH/c1-12(24-15-4-2-3-14(18)16(15)19)17(23)22-8-5-13(11-22)21-9-6-20-7-10-21;/h2-4,12-13,20H,5-11H2,1H3;1H. The summed E-state index contributed by atoms with van der Waals surface area (Å²) in [7, 11) is 0. The van der Waals surface area contributed by atoms with Crippen LogP contribution in [0.3, 0.4) is 0 Å². The van der Waals surface area contributed by atoms with Gasteiger partial charge >= 0.3 is 0 Å². The van der Waals surface area contributed by atoms with E-state index >= 15 is 0 Å². The molecule has 0 bridgehead atoms. The molecular weight excluding hydrogens is 385 g/mol. The molecule has 0 aliphatic carbocycles. The predicted octanol–water partition coefficient (Wildman–Crippen LogP) is 2.69. The minimum atomic E-state index is -0.581. The Morgan fingerprint density at radius 2 is 2.00 bits per heavy atom. The SMILES string of the molecule is CC(Oc1cccc(Cl)c1Cl)C(=O)N1CCC(N2CCNCC2)C1.Cl. The zero-order valence-electron chi connectivity index (χ0n) is 14.2. The first-order valence-corrected chi connectivity index (χ1v) is 9.16. The van der Waals surface area contributed by atoms with E-state index < -0.39 is 6.10 Å². The molecule has 2 aliphatic rings. The number of nitrogens with zero attached hydrogens (tertiary/aromatic N) is 2. The van der Waals surface area contributed by atoms with E-state index in [1.54, 1.807) is 25.1 Å². The maximum atomic E-state index is 12.7. The van der Waals surface area contributed by atoms with E-state index in [0.29, 0.717) is 21.8 Å². The van der Waals surface area contributed by atoms with E-state index in [-0.39, 0.29) is 18.3 Å². The highest BCUT2D eigenvalue weighted by Gasteiger charge is 2.33. The van der Waals surface area contributed by atoms with E-state index in [0.717, 1.165) is 45.7 Å². The fourth-order valence-electron chi connectivity index (χ4n) is 3.36. The molecule has 2 atom stereocenters. The summed E-state index contributed by atoms with van der Waals surface area (Å²) in [6.45, 7) is 7.47. The van der Waals surface area contributed by atoms with Crippen molar-refractivity contribution in [3.05, 3.63) is 28.2 Å². The van der Waals surface area contributed by atoms with Crippen molar-refractivity contribution in [1.29, 1.82) is 0 Å². The van der Waals surface area contributed by atoms with Crippen molar-refractivity contribution in [3.63, 3.8) is 0 Å². The van der Waals surface area contributed by atoms with Crippen molar-refractivity contribution < 1.29 is 9.53 Å². The summed E-state index contributed by atoms with van der Waals surface area (Å²) in [5.41, 5.74) is 0. The zero-order chi connectivity index (χ0) is 17.1. The number of halogens is 3. The smallest absolute Gasteiger partial charge is 0.263 e. The van der Waals surface area contributed by atoms with Crippen LogP contribution in [-0.2, 0) is 4.79 Å². The Morgan fingerprint density at radius 3 is 2.72 bits per heavy atom. The molecule has 5 nitrogen and oxygen atoms in total. The summed E-state index contributed by atoms with van der Waals surface area (Å²) in [5, 5.41) is 4.13. The van der Waals surface area contributed by atoms with E-state index in [1.807, 2.05) is 4.90 Å². The Bertz CT molecular complexity index is 597. The van der Waals surface area contributed by atoms with Gasteiger partial charge in [0.25, 0.3) is 5.91 Å². The molecule has 2 fully saturated rings. The fourth-order valence-corrected chi connectivity index (χ4v) is 3.70. The molecule has 2 unspecified atom stereocenters. The Labute approximate surface area is 165 Å². The van der Waals surface area contributed by atoms with Crippen molar-refractivity contribution in [3.8, 4) is 5.75 Å². The van der Waals surface area contributed by atoms with Crippen LogP contribution in [0.5, 0.6) is 5.75 Å². The lowest BCUT2D eigenvalue weighted by molar-refractivity contribution is -0.137. The first kappa shape index (κ1) is 20.6. The maximum Gasteiger partial charge on any atom is 0.263 e. The quantitative estimate of drug-likeness (QED) is 0.832. The van der Waals surface area contributed by atoms with E-state index in [4.69, 9.17) is 27.9 Å². The topological polar surface area (TPSA) is 44.8 Å². The van der Waals surface area contributed by atoms with Crippen LogP contribution in [-0.4, -0.2) is 67.1 Å².